The van der Waals surface area contributed by atoms with E-state index in [0.29, 0.717) is 5.75 Å². The van der Waals surface area contributed by atoms with Crippen LogP contribution in [0.15, 0.2) is 59.5 Å². The predicted molar refractivity (Wildman–Crippen MR) is 75.9 cm³/mol. The minimum absolute atomic E-state index is 0.366. The molecule has 0 amide bonds. The first-order valence-electron chi connectivity index (χ1n) is 6.17. The van der Waals surface area contributed by atoms with Crippen molar-refractivity contribution in [1.29, 1.82) is 0 Å². The minimum atomic E-state index is -5.12. The van der Waals surface area contributed by atoms with Gasteiger partial charge in [-0.25, -0.2) is 8.42 Å². The van der Waals surface area contributed by atoms with Crippen LogP contribution in [0.5, 0.6) is 5.75 Å². The third kappa shape index (κ3) is 2.71. The van der Waals surface area contributed by atoms with Gasteiger partial charge in [0.15, 0.2) is 0 Å². The number of ketones is 1. The van der Waals surface area contributed by atoms with Crippen LogP contribution in [0, 0.1) is 0 Å². The van der Waals surface area contributed by atoms with Crippen LogP contribution in [0.1, 0.15) is 10.4 Å². The van der Waals surface area contributed by atoms with Gasteiger partial charge in [-0.2, -0.15) is 8.78 Å². The molecule has 0 aliphatic carbocycles. The summed E-state index contributed by atoms with van der Waals surface area (Å²) < 4.78 is 57.2. The highest BCUT2D eigenvalue weighted by atomic mass is 32.2. The molecule has 2 rings (SSSR count). The van der Waals surface area contributed by atoms with E-state index in [0.717, 1.165) is 24.3 Å². The SMILES string of the molecule is COc1ccc(C(=O)C(F)(F)S(=O)(=O)c2ccccc2)cc1. The van der Waals surface area contributed by atoms with Crippen LogP contribution < -0.4 is 4.74 Å². The van der Waals surface area contributed by atoms with Crippen molar-refractivity contribution in [3.63, 3.8) is 0 Å². The van der Waals surface area contributed by atoms with Crippen molar-refractivity contribution in [2.75, 3.05) is 7.11 Å². The number of rotatable bonds is 5. The fourth-order valence-electron chi connectivity index (χ4n) is 1.78. The lowest BCUT2D eigenvalue weighted by Gasteiger charge is -2.16. The van der Waals surface area contributed by atoms with Crippen molar-refractivity contribution in [3.05, 3.63) is 60.2 Å². The quantitative estimate of drug-likeness (QED) is 0.793. The van der Waals surface area contributed by atoms with Crippen molar-refractivity contribution >= 4 is 15.6 Å². The number of hydrogen-bond donors (Lipinski definition) is 0. The zero-order valence-corrected chi connectivity index (χ0v) is 12.3. The standard InChI is InChI=1S/C15H12F2O4S/c1-21-12-9-7-11(8-10-12)14(18)15(16,17)22(19,20)13-5-3-2-4-6-13/h2-10H,1H3. The highest BCUT2D eigenvalue weighted by molar-refractivity contribution is 7.93. The summed E-state index contributed by atoms with van der Waals surface area (Å²) in [5, 5.41) is -4.55. The average molecular weight is 326 g/mol. The first-order chi connectivity index (χ1) is 10.3. The van der Waals surface area contributed by atoms with Crippen LogP contribution in [0.3, 0.4) is 0 Å². The molecule has 116 valence electrons. The van der Waals surface area contributed by atoms with Crippen molar-refractivity contribution in [3.8, 4) is 5.75 Å². The number of benzene rings is 2. The number of methoxy groups -OCH3 is 1. The fraction of sp³-hybridized carbons (Fsp3) is 0.133. The van der Waals surface area contributed by atoms with Crippen molar-refractivity contribution < 1.29 is 26.7 Å². The molecule has 2 aromatic rings. The Morgan fingerprint density at radius 2 is 1.55 bits per heavy atom. The van der Waals surface area contributed by atoms with Crippen LogP contribution in [0.4, 0.5) is 8.78 Å². The second-order valence-electron chi connectivity index (χ2n) is 4.39. The fourth-order valence-corrected chi connectivity index (χ4v) is 2.95. The van der Waals surface area contributed by atoms with Gasteiger partial charge in [-0.1, -0.05) is 18.2 Å². The van der Waals surface area contributed by atoms with Gasteiger partial charge in [-0.05, 0) is 36.4 Å². The number of Topliss-reactive ketones (excluding diaryl/α,β-unsaturated/α-hetero) is 1. The van der Waals surface area contributed by atoms with Gasteiger partial charge in [0.1, 0.15) is 5.75 Å². The molecule has 0 N–H and O–H groups in total. The molecule has 0 atom stereocenters. The summed E-state index contributed by atoms with van der Waals surface area (Å²) in [5.41, 5.74) is -0.412. The van der Waals surface area contributed by atoms with E-state index >= 15 is 0 Å². The molecule has 0 spiro atoms. The first kappa shape index (κ1) is 16.1. The van der Waals surface area contributed by atoms with Crippen LogP contribution in [-0.2, 0) is 9.84 Å². The van der Waals surface area contributed by atoms with Crippen LogP contribution in [0.25, 0.3) is 0 Å². The van der Waals surface area contributed by atoms with Gasteiger partial charge < -0.3 is 4.74 Å². The lowest BCUT2D eigenvalue weighted by molar-refractivity contribution is 0.0526. The van der Waals surface area contributed by atoms with Gasteiger partial charge in [0, 0.05) is 5.56 Å². The molecule has 4 nitrogen and oxygen atoms in total. The molecule has 0 bridgehead atoms. The third-order valence-corrected chi connectivity index (χ3v) is 4.76. The molecule has 0 radical (unpaired) electrons. The van der Waals surface area contributed by atoms with E-state index in [1.165, 1.54) is 37.4 Å². The number of carbonyl (C=O) groups excluding carboxylic acids is 1. The largest absolute Gasteiger partial charge is 0.497 e. The van der Waals surface area contributed by atoms with Crippen LogP contribution in [-0.4, -0.2) is 26.6 Å². The van der Waals surface area contributed by atoms with E-state index in [-0.39, 0.29) is 0 Å². The van der Waals surface area contributed by atoms with Gasteiger partial charge in [0.2, 0.25) is 5.78 Å². The Morgan fingerprint density at radius 3 is 2.05 bits per heavy atom. The highest BCUT2D eigenvalue weighted by Crippen LogP contribution is 2.32. The average Bonchev–Trinajstić information content (AvgIpc) is 2.54. The number of hydrogen-bond acceptors (Lipinski definition) is 4. The van der Waals surface area contributed by atoms with E-state index in [1.807, 2.05) is 0 Å². The van der Waals surface area contributed by atoms with Crippen molar-refractivity contribution in [1.82, 2.24) is 0 Å². The Kier molecular flexibility index (Phi) is 4.27. The second kappa shape index (κ2) is 5.84. The molecule has 22 heavy (non-hydrogen) atoms. The Labute approximate surface area is 126 Å². The molecular weight excluding hydrogens is 314 g/mol. The Hall–Kier alpha value is -2.28. The molecule has 0 aliphatic rings. The van der Waals surface area contributed by atoms with Gasteiger partial charge in [-0.3, -0.25) is 4.79 Å². The molecule has 0 saturated heterocycles. The van der Waals surface area contributed by atoms with Crippen molar-refractivity contribution in [2.45, 2.75) is 10.2 Å². The maximum Gasteiger partial charge on any atom is 0.411 e. The molecule has 0 fully saturated rings. The summed E-state index contributed by atoms with van der Waals surface area (Å²) >= 11 is 0. The lowest BCUT2D eigenvalue weighted by atomic mass is 10.1. The smallest absolute Gasteiger partial charge is 0.411 e. The zero-order valence-electron chi connectivity index (χ0n) is 11.5. The Morgan fingerprint density at radius 1 is 1.00 bits per heavy atom. The molecule has 0 saturated carbocycles. The predicted octanol–water partition coefficient (Wildman–Crippen LogP) is 2.94. The Balaban J connectivity index is 2.42. The maximum atomic E-state index is 14.2. The van der Waals surface area contributed by atoms with Crippen LogP contribution in [0.2, 0.25) is 0 Å². The summed E-state index contributed by atoms with van der Waals surface area (Å²) in [6.45, 7) is 0. The van der Waals surface area contributed by atoms with E-state index in [1.54, 1.807) is 0 Å². The maximum absolute atomic E-state index is 14.2. The summed E-state index contributed by atoms with van der Waals surface area (Å²) in [7, 11) is -3.74. The van der Waals surface area contributed by atoms with E-state index in [9.17, 15) is 22.0 Å². The summed E-state index contributed by atoms with van der Waals surface area (Å²) in [6, 6.07) is 10.9. The topological polar surface area (TPSA) is 60.4 Å². The molecular formula is C15H12F2O4S. The van der Waals surface area contributed by atoms with Gasteiger partial charge in [0.05, 0.1) is 12.0 Å². The van der Waals surface area contributed by atoms with Gasteiger partial charge >= 0.3 is 5.25 Å². The summed E-state index contributed by atoms with van der Waals surface area (Å²) in [5.74, 6) is -1.41. The van der Waals surface area contributed by atoms with E-state index in [2.05, 4.69) is 0 Å². The number of halogens is 2. The second-order valence-corrected chi connectivity index (χ2v) is 6.38. The zero-order chi connectivity index (χ0) is 16.4. The number of alkyl halides is 2. The van der Waals surface area contributed by atoms with E-state index in [4.69, 9.17) is 4.74 Å². The van der Waals surface area contributed by atoms with E-state index < -0.39 is 31.3 Å². The lowest BCUT2D eigenvalue weighted by Crippen LogP contribution is -2.38. The first-order valence-corrected chi connectivity index (χ1v) is 7.65. The highest BCUT2D eigenvalue weighted by Gasteiger charge is 2.53. The van der Waals surface area contributed by atoms with Gasteiger partial charge in [0.25, 0.3) is 9.84 Å². The molecule has 2 aromatic carbocycles. The molecule has 0 heterocycles. The number of ether oxygens (including phenoxy) is 1. The number of sulfone groups is 1. The third-order valence-electron chi connectivity index (χ3n) is 3.01. The van der Waals surface area contributed by atoms with Crippen molar-refractivity contribution in [2.24, 2.45) is 0 Å². The molecule has 0 aromatic heterocycles. The summed E-state index contributed by atoms with van der Waals surface area (Å²) in [4.78, 5) is 11.3. The summed E-state index contributed by atoms with van der Waals surface area (Å²) in [6.07, 6.45) is 0. The molecule has 0 unspecified atom stereocenters. The minimum Gasteiger partial charge on any atom is -0.497 e. The van der Waals surface area contributed by atoms with Crippen LogP contribution >= 0.6 is 0 Å². The monoisotopic (exact) mass is 326 g/mol. The number of carbonyl (C=O) groups is 1. The van der Waals surface area contributed by atoms with Gasteiger partial charge in [-0.15, -0.1) is 0 Å². The Bertz CT molecular complexity index is 769. The molecule has 0 aliphatic heterocycles. The normalized spacial score (nSPS) is 12.0. The molecule has 7 heteroatoms.